The molecule has 0 bridgehead atoms. The van der Waals surface area contributed by atoms with Crippen molar-refractivity contribution in [1.82, 2.24) is 0 Å². The Kier molecular flexibility index (Phi) is 3.28. The monoisotopic (exact) mass is 180 g/mol. The zero-order valence-electron chi connectivity index (χ0n) is 8.43. The fourth-order valence-corrected chi connectivity index (χ4v) is 2.11. The summed E-state index contributed by atoms with van der Waals surface area (Å²) in [6.45, 7) is 0. The zero-order chi connectivity index (χ0) is 8.93. The number of allylic oxidation sites excluding steroid dienone is 1. The van der Waals surface area contributed by atoms with Crippen LogP contribution in [0.3, 0.4) is 0 Å². The number of epoxide rings is 1. The van der Waals surface area contributed by atoms with Gasteiger partial charge in [0.25, 0.3) is 0 Å². The highest BCUT2D eigenvalue weighted by Crippen LogP contribution is 2.32. The molecule has 1 saturated heterocycles. The van der Waals surface area contributed by atoms with Crippen LogP contribution in [0.15, 0.2) is 11.8 Å². The molecule has 74 valence electrons. The van der Waals surface area contributed by atoms with Gasteiger partial charge in [0, 0.05) is 0 Å². The minimum Gasteiger partial charge on any atom is -0.483 e. The van der Waals surface area contributed by atoms with E-state index in [9.17, 15) is 0 Å². The molecule has 1 unspecified atom stereocenters. The molecule has 0 amide bonds. The molecule has 1 aliphatic carbocycles. The Balaban J connectivity index is 1.75. The summed E-state index contributed by atoms with van der Waals surface area (Å²) in [6, 6.07) is 0. The Morgan fingerprint density at radius 2 is 1.62 bits per heavy atom. The normalized spacial score (nSPS) is 30.2. The molecule has 1 aliphatic heterocycles. The van der Waals surface area contributed by atoms with Crippen LogP contribution in [0.5, 0.6) is 0 Å². The summed E-state index contributed by atoms with van der Waals surface area (Å²) in [5.41, 5.74) is 0. The summed E-state index contributed by atoms with van der Waals surface area (Å²) >= 11 is 0. The van der Waals surface area contributed by atoms with Crippen LogP contribution in [0.4, 0.5) is 0 Å². The first kappa shape index (κ1) is 9.11. The van der Waals surface area contributed by atoms with Crippen molar-refractivity contribution in [2.75, 3.05) is 0 Å². The maximum Gasteiger partial charge on any atom is 0.155 e. The molecule has 1 atom stereocenters. The van der Waals surface area contributed by atoms with Crippen molar-refractivity contribution in [1.29, 1.82) is 0 Å². The van der Waals surface area contributed by atoms with Gasteiger partial charge in [0.05, 0.1) is 0 Å². The fraction of sp³-hybridized carbons (Fsp3) is 0.833. The highest BCUT2D eigenvalue weighted by molar-refractivity contribution is 5.13. The van der Waals surface area contributed by atoms with Crippen molar-refractivity contribution in [2.45, 2.75) is 63.9 Å². The second kappa shape index (κ2) is 4.69. The van der Waals surface area contributed by atoms with E-state index in [1.54, 1.807) is 0 Å². The third kappa shape index (κ3) is 3.06. The van der Waals surface area contributed by atoms with Gasteiger partial charge in [0.2, 0.25) is 0 Å². The Hall–Kier alpha value is -0.460. The van der Waals surface area contributed by atoms with E-state index in [4.69, 9.17) is 4.74 Å². The van der Waals surface area contributed by atoms with E-state index in [2.05, 4.69) is 6.08 Å². The second-order valence-electron chi connectivity index (χ2n) is 4.27. The molecule has 1 heteroatoms. The topological polar surface area (TPSA) is 12.5 Å². The first-order valence-corrected chi connectivity index (χ1v) is 5.83. The van der Waals surface area contributed by atoms with E-state index in [1.807, 2.05) is 0 Å². The molecular formula is C12H20O. The van der Waals surface area contributed by atoms with E-state index in [0.717, 1.165) is 0 Å². The minimum absolute atomic E-state index is 0.527. The average Bonchev–Trinajstić information content (AvgIpc) is 2.83. The Morgan fingerprint density at radius 1 is 0.923 bits per heavy atom. The summed E-state index contributed by atoms with van der Waals surface area (Å²) in [6.07, 6.45) is 15.2. The molecule has 1 heterocycles. The number of hydrogen-bond acceptors (Lipinski definition) is 1. The molecule has 2 aliphatic rings. The Bertz CT molecular complexity index is 184. The van der Waals surface area contributed by atoms with Gasteiger partial charge in [-0.3, -0.25) is 0 Å². The molecule has 1 nitrogen and oxygen atoms in total. The van der Waals surface area contributed by atoms with E-state index in [1.165, 1.54) is 63.5 Å². The van der Waals surface area contributed by atoms with E-state index < -0.39 is 0 Å². The molecule has 1 fully saturated rings. The SMILES string of the molecule is C1=C2OC2CCCCCCCCC1. The maximum atomic E-state index is 5.49. The minimum atomic E-state index is 0.527. The van der Waals surface area contributed by atoms with Crippen LogP contribution in [0.2, 0.25) is 0 Å². The summed E-state index contributed by atoms with van der Waals surface area (Å²) in [5, 5.41) is 0. The number of rotatable bonds is 0. The summed E-state index contributed by atoms with van der Waals surface area (Å²) in [5.74, 6) is 1.29. The molecule has 0 N–H and O–H groups in total. The van der Waals surface area contributed by atoms with Crippen LogP contribution in [-0.4, -0.2) is 6.10 Å². The zero-order valence-corrected chi connectivity index (χ0v) is 8.43. The van der Waals surface area contributed by atoms with Gasteiger partial charge in [-0.2, -0.15) is 0 Å². The summed E-state index contributed by atoms with van der Waals surface area (Å²) in [7, 11) is 0. The molecule has 0 aromatic rings. The van der Waals surface area contributed by atoms with E-state index in [0.29, 0.717) is 6.10 Å². The van der Waals surface area contributed by atoms with Gasteiger partial charge >= 0.3 is 0 Å². The van der Waals surface area contributed by atoms with E-state index >= 15 is 0 Å². The lowest BCUT2D eigenvalue weighted by atomic mass is 10.0. The molecule has 0 aromatic heterocycles. The van der Waals surface area contributed by atoms with Crippen LogP contribution < -0.4 is 0 Å². The molecule has 0 spiro atoms. The van der Waals surface area contributed by atoms with Gasteiger partial charge in [-0.25, -0.2) is 0 Å². The van der Waals surface area contributed by atoms with Crippen molar-refractivity contribution in [3.8, 4) is 0 Å². The highest BCUT2D eigenvalue weighted by atomic mass is 16.6. The molecule has 0 aromatic carbocycles. The Labute approximate surface area is 81.2 Å². The highest BCUT2D eigenvalue weighted by Gasteiger charge is 2.30. The lowest BCUT2D eigenvalue weighted by Crippen LogP contribution is -1.87. The van der Waals surface area contributed by atoms with Crippen LogP contribution in [0.1, 0.15) is 57.8 Å². The van der Waals surface area contributed by atoms with E-state index in [-0.39, 0.29) is 0 Å². The van der Waals surface area contributed by atoms with Crippen molar-refractivity contribution >= 4 is 0 Å². The van der Waals surface area contributed by atoms with Crippen LogP contribution in [-0.2, 0) is 4.74 Å². The largest absolute Gasteiger partial charge is 0.483 e. The summed E-state index contributed by atoms with van der Waals surface area (Å²) in [4.78, 5) is 0. The predicted octanol–water partition coefficient (Wildman–Crippen LogP) is 3.79. The van der Waals surface area contributed by atoms with Gasteiger partial charge in [0.15, 0.2) is 6.10 Å². The lowest BCUT2D eigenvalue weighted by molar-refractivity contribution is 0.401. The average molecular weight is 180 g/mol. The number of ether oxygens (including phenoxy) is 1. The van der Waals surface area contributed by atoms with Crippen LogP contribution >= 0.6 is 0 Å². The summed E-state index contributed by atoms with van der Waals surface area (Å²) < 4.78 is 5.49. The van der Waals surface area contributed by atoms with Crippen molar-refractivity contribution < 1.29 is 4.74 Å². The maximum absolute atomic E-state index is 5.49. The molecule has 2 rings (SSSR count). The molecule has 13 heavy (non-hydrogen) atoms. The smallest absolute Gasteiger partial charge is 0.155 e. The van der Waals surface area contributed by atoms with Crippen molar-refractivity contribution in [3.63, 3.8) is 0 Å². The van der Waals surface area contributed by atoms with Gasteiger partial charge in [-0.05, 0) is 31.8 Å². The van der Waals surface area contributed by atoms with Gasteiger partial charge in [-0.1, -0.05) is 32.1 Å². The van der Waals surface area contributed by atoms with Gasteiger partial charge in [-0.15, -0.1) is 0 Å². The molecule has 0 saturated carbocycles. The standard InChI is InChI=1S/C12H20O/c1-2-4-6-8-10-12-11(13-12)9-7-5-3-1/h9,12H,1-8,10H2. The van der Waals surface area contributed by atoms with Gasteiger partial charge in [0.1, 0.15) is 5.76 Å². The number of hydrogen-bond donors (Lipinski definition) is 0. The first-order valence-electron chi connectivity index (χ1n) is 5.83. The first-order chi connectivity index (χ1) is 6.47. The molecule has 0 radical (unpaired) electrons. The van der Waals surface area contributed by atoms with Crippen molar-refractivity contribution in [3.05, 3.63) is 11.8 Å². The fourth-order valence-electron chi connectivity index (χ4n) is 2.11. The number of fused-ring (bicyclic) bond motifs is 1. The molecular weight excluding hydrogens is 160 g/mol. The second-order valence-corrected chi connectivity index (χ2v) is 4.27. The van der Waals surface area contributed by atoms with Crippen LogP contribution in [0.25, 0.3) is 0 Å². The lowest BCUT2D eigenvalue weighted by Gasteiger charge is -2.00. The van der Waals surface area contributed by atoms with Crippen LogP contribution in [0, 0.1) is 0 Å². The van der Waals surface area contributed by atoms with Gasteiger partial charge < -0.3 is 4.74 Å². The quantitative estimate of drug-likeness (QED) is 0.517. The third-order valence-corrected chi connectivity index (χ3v) is 3.05. The Morgan fingerprint density at radius 3 is 2.46 bits per heavy atom. The predicted molar refractivity (Wildman–Crippen MR) is 54.5 cm³/mol. The van der Waals surface area contributed by atoms with Crippen molar-refractivity contribution in [2.24, 2.45) is 0 Å². The third-order valence-electron chi connectivity index (χ3n) is 3.05.